The van der Waals surface area contributed by atoms with E-state index in [1.54, 1.807) is 4.68 Å². The summed E-state index contributed by atoms with van der Waals surface area (Å²) >= 11 is 0. The van der Waals surface area contributed by atoms with Crippen LogP contribution in [0, 0.1) is 0 Å². The second kappa shape index (κ2) is 5.90. The second-order valence-electron chi connectivity index (χ2n) is 6.37. The molecule has 1 spiro atoms. The van der Waals surface area contributed by atoms with Crippen LogP contribution < -0.4 is 4.90 Å². The number of ether oxygens (including phenoxy) is 2. The summed E-state index contributed by atoms with van der Waals surface area (Å²) in [6.07, 6.45) is 2.16. The first kappa shape index (κ1) is 14.6. The number of nitrogens with zero attached hydrogens (tertiary/aromatic N) is 5. The third-order valence-electron chi connectivity index (χ3n) is 4.43. The number of aromatic nitrogens is 4. The predicted octanol–water partition coefficient (Wildman–Crippen LogP) is 1.44. The van der Waals surface area contributed by atoms with Gasteiger partial charge in [-0.15, -0.1) is 0 Å². The molecule has 0 radical (unpaired) electrons. The molecule has 2 aliphatic heterocycles. The Bertz CT molecular complexity index is 654. The summed E-state index contributed by atoms with van der Waals surface area (Å²) in [5.74, 6) is 0.760. The lowest BCUT2D eigenvalue weighted by Crippen LogP contribution is -2.59. The SMILES string of the molecule is CC1CN(c2nnnn2-c2ccccc2)CC2(CCCOC2)O1. The van der Waals surface area contributed by atoms with E-state index in [0.717, 1.165) is 44.2 Å². The molecule has 0 amide bonds. The molecule has 7 heteroatoms. The van der Waals surface area contributed by atoms with Crippen LogP contribution in [-0.4, -0.2) is 58.2 Å². The smallest absolute Gasteiger partial charge is 0.250 e. The minimum Gasteiger partial charge on any atom is -0.378 e. The van der Waals surface area contributed by atoms with Crippen LogP contribution in [0.4, 0.5) is 5.95 Å². The first-order valence-electron chi connectivity index (χ1n) is 8.10. The minimum atomic E-state index is -0.247. The number of morpholine rings is 1. The van der Waals surface area contributed by atoms with Crippen molar-refractivity contribution in [3.8, 4) is 5.69 Å². The van der Waals surface area contributed by atoms with Crippen molar-refractivity contribution in [1.82, 2.24) is 20.2 Å². The van der Waals surface area contributed by atoms with Gasteiger partial charge in [-0.3, -0.25) is 0 Å². The van der Waals surface area contributed by atoms with Gasteiger partial charge in [0.05, 0.1) is 24.9 Å². The number of rotatable bonds is 2. The molecule has 2 atom stereocenters. The van der Waals surface area contributed by atoms with Crippen molar-refractivity contribution in [2.75, 3.05) is 31.2 Å². The van der Waals surface area contributed by atoms with Crippen LogP contribution in [0.25, 0.3) is 5.69 Å². The van der Waals surface area contributed by atoms with Gasteiger partial charge in [0.15, 0.2) is 0 Å². The Morgan fingerprint density at radius 2 is 2.13 bits per heavy atom. The molecule has 2 fully saturated rings. The predicted molar refractivity (Wildman–Crippen MR) is 84.7 cm³/mol. The largest absolute Gasteiger partial charge is 0.378 e. The fraction of sp³-hybridized carbons (Fsp3) is 0.562. The highest BCUT2D eigenvalue weighted by molar-refractivity contribution is 5.41. The summed E-state index contributed by atoms with van der Waals surface area (Å²) in [4.78, 5) is 2.22. The van der Waals surface area contributed by atoms with Crippen LogP contribution in [0.5, 0.6) is 0 Å². The van der Waals surface area contributed by atoms with E-state index in [1.165, 1.54) is 0 Å². The van der Waals surface area contributed by atoms with E-state index in [-0.39, 0.29) is 11.7 Å². The molecule has 1 aromatic heterocycles. The molecule has 4 rings (SSSR count). The molecule has 3 heterocycles. The molecule has 0 saturated carbocycles. The van der Waals surface area contributed by atoms with Crippen molar-refractivity contribution in [2.24, 2.45) is 0 Å². The Kier molecular flexibility index (Phi) is 3.74. The zero-order valence-corrected chi connectivity index (χ0v) is 13.3. The topological polar surface area (TPSA) is 65.3 Å². The quantitative estimate of drug-likeness (QED) is 0.835. The van der Waals surface area contributed by atoms with Gasteiger partial charge in [-0.2, -0.15) is 4.68 Å². The summed E-state index contributed by atoms with van der Waals surface area (Å²) in [6, 6.07) is 9.96. The lowest BCUT2D eigenvalue weighted by molar-refractivity contribution is -0.161. The summed E-state index contributed by atoms with van der Waals surface area (Å²) in [7, 11) is 0. The van der Waals surface area contributed by atoms with Crippen LogP contribution in [0.1, 0.15) is 19.8 Å². The van der Waals surface area contributed by atoms with Gasteiger partial charge in [0, 0.05) is 13.2 Å². The Hall–Kier alpha value is -1.99. The maximum atomic E-state index is 6.24. The molecule has 122 valence electrons. The Balaban J connectivity index is 1.64. The van der Waals surface area contributed by atoms with Gasteiger partial charge in [0.25, 0.3) is 5.95 Å². The van der Waals surface area contributed by atoms with Crippen molar-refractivity contribution >= 4 is 5.95 Å². The lowest BCUT2D eigenvalue weighted by Gasteiger charge is -2.47. The molecule has 0 bridgehead atoms. The highest BCUT2D eigenvalue weighted by Crippen LogP contribution is 2.32. The van der Waals surface area contributed by atoms with Gasteiger partial charge in [0.2, 0.25) is 0 Å². The summed E-state index contributed by atoms with van der Waals surface area (Å²) in [6.45, 7) is 5.08. The molecule has 0 N–H and O–H groups in total. The number of tetrazole rings is 1. The van der Waals surface area contributed by atoms with E-state index in [9.17, 15) is 0 Å². The Morgan fingerprint density at radius 1 is 1.26 bits per heavy atom. The van der Waals surface area contributed by atoms with E-state index in [1.807, 2.05) is 30.3 Å². The molecule has 2 unspecified atom stereocenters. The molecule has 1 aromatic carbocycles. The molecular formula is C16H21N5O2. The third kappa shape index (κ3) is 2.82. The van der Waals surface area contributed by atoms with Crippen molar-refractivity contribution in [3.05, 3.63) is 30.3 Å². The summed E-state index contributed by atoms with van der Waals surface area (Å²) in [5, 5.41) is 12.3. The average molecular weight is 315 g/mol. The van der Waals surface area contributed by atoms with Gasteiger partial charge in [0.1, 0.15) is 5.60 Å². The number of hydrogen-bond donors (Lipinski definition) is 0. The zero-order chi connectivity index (χ0) is 15.7. The molecule has 2 aromatic rings. The second-order valence-corrected chi connectivity index (χ2v) is 6.37. The van der Waals surface area contributed by atoms with Gasteiger partial charge in [-0.05, 0) is 42.3 Å². The fourth-order valence-electron chi connectivity index (χ4n) is 3.54. The van der Waals surface area contributed by atoms with Crippen LogP contribution in [0.15, 0.2) is 30.3 Å². The molecule has 2 aliphatic rings. The van der Waals surface area contributed by atoms with Crippen molar-refractivity contribution < 1.29 is 9.47 Å². The number of anilines is 1. The zero-order valence-electron chi connectivity index (χ0n) is 13.3. The molecule has 2 saturated heterocycles. The minimum absolute atomic E-state index is 0.117. The van der Waals surface area contributed by atoms with Crippen LogP contribution in [0.2, 0.25) is 0 Å². The first-order valence-corrected chi connectivity index (χ1v) is 8.10. The normalized spacial score (nSPS) is 28.2. The maximum Gasteiger partial charge on any atom is 0.250 e. The van der Waals surface area contributed by atoms with E-state index in [4.69, 9.17) is 9.47 Å². The monoisotopic (exact) mass is 315 g/mol. The van der Waals surface area contributed by atoms with Crippen LogP contribution in [0.3, 0.4) is 0 Å². The number of hydrogen-bond acceptors (Lipinski definition) is 6. The van der Waals surface area contributed by atoms with Crippen molar-refractivity contribution in [2.45, 2.75) is 31.5 Å². The van der Waals surface area contributed by atoms with Gasteiger partial charge >= 0.3 is 0 Å². The highest BCUT2D eigenvalue weighted by Gasteiger charge is 2.42. The molecule has 0 aliphatic carbocycles. The number of benzene rings is 1. The van der Waals surface area contributed by atoms with Crippen molar-refractivity contribution in [3.63, 3.8) is 0 Å². The fourth-order valence-corrected chi connectivity index (χ4v) is 3.54. The van der Waals surface area contributed by atoms with E-state index < -0.39 is 0 Å². The van der Waals surface area contributed by atoms with E-state index in [0.29, 0.717) is 6.61 Å². The van der Waals surface area contributed by atoms with E-state index in [2.05, 4.69) is 27.3 Å². The van der Waals surface area contributed by atoms with Crippen LogP contribution >= 0.6 is 0 Å². The van der Waals surface area contributed by atoms with Gasteiger partial charge in [-0.1, -0.05) is 23.3 Å². The number of para-hydroxylation sites is 1. The highest BCUT2D eigenvalue weighted by atomic mass is 16.6. The Labute approximate surface area is 135 Å². The Morgan fingerprint density at radius 3 is 2.91 bits per heavy atom. The summed E-state index contributed by atoms with van der Waals surface area (Å²) < 4.78 is 13.7. The average Bonchev–Trinajstić information content (AvgIpc) is 3.05. The molecule has 23 heavy (non-hydrogen) atoms. The lowest BCUT2D eigenvalue weighted by atomic mass is 9.93. The third-order valence-corrected chi connectivity index (χ3v) is 4.43. The van der Waals surface area contributed by atoms with Crippen molar-refractivity contribution in [1.29, 1.82) is 0 Å². The van der Waals surface area contributed by atoms with Gasteiger partial charge < -0.3 is 14.4 Å². The summed E-state index contributed by atoms with van der Waals surface area (Å²) in [5.41, 5.74) is 0.712. The standard InChI is InChI=1S/C16H21N5O2/c1-13-10-20(11-16(23-13)8-5-9-22-12-16)15-17-18-19-21(15)14-6-3-2-4-7-14/h2-4,6-7,13H,5,8-12H2,1H3. The van der Waals surface area contributed by atoms with Crippen LogP contribution in [-0.2, 0) is 9.47 Å². The van der Waals surface area contributed by atoms with E-state index >= 15 is 0 Å². The van der Waals surface area contributed by atoms with Gasteiger partial charge in [-0.25, -0.2) is 0 Å². The molecular weight excluding hydrogens is 294 g/mol. The first-order chi connectivity index (χ1) is 11.3. The maximum absolute atomic E-state index is 6.24. The molecule has 7 nitrogen and oxygen atoms in total.